The van der Waals surface area contributed by atoms with Crippen molar-refractivity contribution in [1.29, 1.82) is 0 Å². The Kier molecular flexibility index (Phi) is 8.90. The summed E-state index contributed by atoms with van der Waals surface area (Å²) < 4.78 is 9.94. The molecule has 8 heteroatoms. The van der Waals surface area contributed by atoms with Gasteiger partial charge in [0.1, 0.15) is 22.9 Å². The summed E-state index contributed by atoms with van der Waals surface area (Å²) in [5.41, 5.74) is 14.0. The van der Waals surface area contributed by atoms with E-state index in [1.807, 2.05) is 30.6 Å². The van der Waals surface area contributed by atoms with Crippen LogP contribution in [0, 0.1) is 0 Å². The predicted molar refractivity (Wildman–Crippen MR) is 204 cm³/mol. The van der Waals surface area contributed by atoms with Gasteiger partial charge in [0, 0.05) is 49.2 Å². The molecular formula is C38H42IN7. The summed E-state index contributed by atoms with van der Waals surface area (Å²) in [5, 5.41) is 3.36. The topological polar surface area (TPSA) is 83.8 Å². The lowest BCUT2D eigenvalue weighted by Gasteiger charge is -2.45. The third-order valence-corrected chi connectivity index (χ3v) is 12.7. The largest absolute Gasteiger partial charge is 0.382 e. The molecular weight excluding hydrogens is 681 g/mol. The van der Waals surface area contributed by atoms with Crippen molar-refractivity contribution in [3.05, 3.63) is 108 Å². The van der Waals surface area contributed by atoms with Gasteiger partial charge >= 0.3 is 0 Å². The minimum atomic E-state index is -1.47. The van der Waals surface area contributed by atoms with Gasteiger partial charge in [-0.3, -0.25) is 9.39 Å². The van der Waals surface area contributed by atoms with Crippen molar-refractivity contribution in [3.8, 4) is 11.3 Å². The first-order chi connectivity index (χ1) is 22.5. The van der Waals surface area contributed by atoms with Crippen molar-refractivity contribution in [2.24, 2.45) is 4.99 Å². The van der Waals surface area contributed by atoms with Crippen molar-refractivity contribution in [2.45, 2.75) is 57.0 Å². The number of likely N-dealkylation sites (tertiary alicyclic amines) is 1. The average molecular weight is 724 g/mol. The normalized spacial score (nSPS) is 21.8. The number of aryl methyl sites for hydroxylation is 1. The molecule has 2 aliphatic heterocycles. The maximum atomic E-state index is 6.51. The number of halogens is 1. The van der Waals surface area contributed by atoms with E-state index in [9.17, 15) is 0 Å². The van der Waals surface area contributed by atoms with Crippen LogP contribution in [0.5, 0.6) is 0 Å². The van der Waals surface area contributed by atoms with Crippen LogP contribution in [0.1, 0.15) is 61.0 Å². The molecule has 1 saturated carbocycles. The Balaban J connectivity index is 1.07. The fourth-order valence-electron chi connectivity index (χ4n) is 6.84. The van der Waals surface area contributed by atoms with Gasteiger partial charge in [-0.25, -0.2) is 9.97 Å². The summed E-state index contributed by atoms with van der Waals surface area (Å²) in [6.45, 7) is 8.67. The molecule has 3 aliphatic rings. The first kappa shape index (κ1) is 30.6. The number of hydrogen-bond acceptors (Lipinski definition) is 5. The molecule has 7 nitrogen and oxygen atoms in total. The van der Waals surface area contributed by atoms with Crippen molar-refractivity contribution in [2.75, 3.05) is 18.8 Å². The van der Waals surface area contributed by atoms with Crippen molar-refractivity contribution in [1.82, 2.24) is 24.6 Å². The summed E-state index contributed by atoms with van der Waals surface area (Å²) >= 11 is -1.47. The van der Waals surface area contributed by atoms with E-state index >= 15 is 0 Å². The van der Waals surface area contributed by atoms with Crippen LogP contribution >= 0.6 is 18.9 Å². The number of aromatic nitrogens is 3. The number of aliphatic imine (C=N–C) groups is 1. The summed E-state index contributed by atoms with van der Waals surface area (Å²) in [6, 6.07) is 17.9. The molecule has 2 aromatic heterocycles. The molecule has 0 atom stereocenters. The monoisotopic (exact) mass is 723 g/mol. The summed E-state index contributed by atoms with van der Waals surface area (Å²) in [5.74, 6) is 2.01. The van der Waals surface area contributed by atoms with Gasteiger partial charge in [-0.2, -0.15) is 0 Å². The van der Waals surface area contributed by atoms with Gasteiger partial charge in [-0.15, -0.1) is 0 Å². The Morgan fingerprint density at radius 2 is 1.96 bits per heavy atom. The second kappa shape index (κ2) is 13.4. The molecule has 3 N–H and O–H groups in total. The van der Waals surface area contributed by atoms with Crippen LogP contribution in [-0.2, 0) is 6.42 Å². The van der Waals surface area contributed by atoms with E-state index in [1.54, 1.807) is 6.20 Å². The molecule has 4 aromatic rings. The molecule has 0 radical (unpaired) electrons. The van der Waals surface area contributed by atoms with Gasteiger partial charge in [0.2, 0.25) is 0 Å². The number of amidine groups is 1. The third-order valence-electron chi connectivity index (χ3n) is 9.56. The Morgan fingerprint density at radius 3 is 2.72 bits per heavy atom. The van der Waals surface area contributed by atoms with Gasteiger partial charge in [-0.1, -0.05) is 91.5 Å². The average Bonchev–Trinajstić information content (AvgIpc) is 3.45. The summed E-state index contributed by atoms with van der Waals surface area (Å²) in [4.78, 5) is 17.5. The van der Waals surface area contributed by atoms with Crippen LogP contribution < -0.4 is 11.1 Å². The number of nitrogens with one attached hydrogen (secondary N) is 1. The molecule has 0 spiro atoms. The van der Waals surface area contributed by atoms with Crippen molar-refractivity contribution in [3.63, 3.8) is 0 Å². The Morgan fingerprint density at radius 1 is 1.15 bits per heavy atom. The molecule has 1 aliphatic carbocycles. The number of nitrogen functional groups attached to an aromatic ring is 1. The van der Waals surface area contributed by atoms with Crippen LogP contribution in [0.15, 0.2) is 90.8 Å². The van der Waals surface area contributed by atoms with Crippen LogP contribution in [0.2, 0.25) is 0 Å². The number of fused-ring (bicyclic) bond motifs is 1. The molecule has 4 heterocycles. The van der Waals surface area contributed by atoms with E-state index in [2.05, 4.69) is 90.2 Å². The standard InChI is InChI=1S/C38H42IN7/c1-4-27-23-30(14-13-29(27)12-11-26(2)28-9-6-5-7-10-28)34-35-36(40)41-19-22-46(35)37(44-34)31-24-33(25-31)45-20-15-32(16-21-45)43-38-39(3)17-8-18-42-38/h5-14,17-19,22-23,31-33H,2-4,15-16,20-21,24-25H2,1H3,(H2,40,41)(H,42,43)/b12-11-. The molecule has 0 unspecified atom stereocenters. The predicted octanol–water partition coefficient (Wildman–Crippen LogP) is 7.19. The molecule has 2 fully saturated rings. The zero-order valence-electron chi connectivity index (χ0n) is 26.4. The van der Waals surface area contributed by atoms with Gasteiger partial charge in [0.15, 0.2) is 3.84 Å². The minimum Gasteiger partial charge on any atom is -0.382 e. The van der Waals surface area contributed by atoms with Gasteiger partial charge < -0.3 is 16.0 Å². The summed E-state index contributed by atoms with van der Waals surface area (Å²) in [6.07, 6.45) is 17.5. The molecule has 236 valence electrons. The van der Waals surface area contributed by atoms with E-state index < -0.39 is 18.9 Å². The number of rotatable bonds is 8. The van der Waals surface area contributed by atoms with Crippen LogP contribution in [-0.4, -0.2) is 56.8 Å². The number of allylic oxidation sites excluding steroid dienone is 3. The van der Waals surface area contributed by atoms with Gasteiger partial charge in [0.05, 0.1) is 6.04 Å². The highest BCUT2D eigenvalue weighted by atomic mass is 127. The number of nitrogens with zero attached hydrogens (tertiary/aromatic N) is 5. The first-order valence-corrected chi connectivity index (χ1v) is 20.1. The maximum absolute atomic E-state index is 6.51. The van der Waals surface area contributed by atoms with E-state index in [0.717, 1.165) is 82.8 Å². The fourth-order valence-corrected chi connectivity index (χ4v) is 9.23. The summed E-state index contributed by atoms with van der Waals surface area (Å²) in [7, 11) is 0. The van der Waals surface area contributed by atoms with Gasteiger partial charge in [-0.05, 0) is 70.5 Å². The third kappa shape index (κ3) is 6.20. The number of anilines is 1. The smallest absolute Gasteiger partial charge is 0.152 e. The van der Waals surface area contributed by atoms with Gasteiger partial charge in [0.25, 0.3) is 0 Å². The molecule has 46 heavy (non-hydrogen) atoms. The molecule has 1 saturated heterocycles. The zero-order chi connectivity index (χ0) is 31.6. The lowest BCUT2D eigenvalue weighted by Crippen LogP contribution is -2.48. The second-order valence-corrected chi connectivity index (χ2v) is 16.4. The zero-order valence-corrected chi connectivity index (χ0v) is 28.6. The molecule has 0 bridgehead atoms. The molecule has 2 aromatic carbocycles. The van der Waals surface area contributed by atoms with E-state index in [4.69, 9.17) is 15.7 Å². The number of benzene rings is 2. The highest BCUT2D eigenvalue weighted by molar-refractivity contribution is 14.2. The SMILES string of the molecule is C=C(/C=C\c1ccc(-c2nc(C3CC(N4CCC(N=C5NC=CC=I5=C)CC4)C3)n3ccnc(N)c23)cc1CC)c1ccccc1. The number of piperidine rings is 1. The Labute approximate surface area is 278 Å². The highest BCUT2D eigenvalue weighted by Crippen LogP contribution is 2.42. The van der Waals surface area contributed by atoms with E-state index in [-0.39, 0.29) is 0 Å². The van der Waals surface area contributed by atoms with E-state index in [1.165, 1.54) is 11.1 Å². The first-order valence-electron chi connectivity index (χ1n) is 16.2. The lowest BCUT2D eigenvalue weighted by molar-refractivity contribution is 0.0810. The van der Waals surface area contributed by atoms with Crippen molar-refractivity contribution < 1.29 is 0 Å². The molecule has 7 rings (SSSR count). The molecule has 0 amide bonds. The second-order valence-electron chi connectivity index (χ2n) is 12.4. The Bertz CT molecular complexity index is 1930. The number of imidazole rings is 1. The van der Waals surface area contributed by atoms with Crippen LogP contribution in [0.3, 0.4) is 0 Å². The fraction of sp³-hybridized carbons (Fsp3) is 0.289. The van der Waals surface area contributed by atoms with Crippen LogP contribution in [0.25, 0.3) is 28.4 Å². The van der Waals surface area contributed by atoms with Crippen LogP contribution in [0.4, 0.5) is 5.82 Å². The Hall–Kier alpha value is -4.02. The minimum absolute atomic E-state index is 0.398. The number of hydrogen-bond donors (Lipinski definition) is 2. The quantitative estimate of drug-likeness (QED) is 0.114. The van der Waals surface area contributed by atoms with E-state index in [0.29, 0.717) is 23.8 Å². The highest BCUT2D eigenvalue weighted by Gasteiger charge is 2.38. The maximum Gasteiger partial charge on any atom is 0.152 e. The number of nitrogens with two attached hydrogens (primary N) is 1. The van der Waals surface area contributed by atoms with Crippen molar-refractivity contribution >= 4 is 54.2 Å². The lowest BCUT2D eigenvalue weighted by atomic mass is 9.78.